The van der Waals surface area contributed by atoms with Crippen LogP contribution in [-0.4, -0.2) is 6.54 Å². The molecule has 0 amide bonds. The van der Waals surface area contributed by atoms with Gasteiger partial charge in [0.05, 0.1) is 0 Å². The average Bonchev–Trinajstić information content (AvgIpc) is 3.05. The molecule has 3 aromatic carbocycles. The third-order valence-corrected chi connectivity index (χ3v) is 5.12. The molecule has 0 fully saturated rings. The summed E-state index contributed by atoms with van der Waals surface area (Å²) in [5.41, 5.74) is 14.0. The Hall–Kier alpha value is -2.84. The van der Waals surface area contributed by atoms with E-state index < -0.39 is 0 Å². The zero-order valence-electron chi connectivity index (χ0n) is 15.3. The molecule has 0 unspecified atom stereocenters. The van der Waals surface area contributed by atoms with Crippen LogP contribution in [0.4, 0.5) is 0 Å². The lowest BCUT2D eigenvalue weighted by atomic mass is 9.98. The standard InChI is InChI=1S/C24H23NO/c1-16-11-13-22-21-10-6-7-17(2)23(21)26-24(22)20(16)14-12-19(15-25)18-8-4-3-5-9-18/h3-13H,14-15,25H2,1-2H3/b19-12+. The van der Waals surface area contributed by atoms with Crippen molar-refractivity contribution >= 4 is 27.5 Å². The van der Waals surface area contributed by atoms with Gasteiger partial charge in [-0.3, -0.25) is 0 Å². The number of aryl methyl sites for hydroxylation is 2. The van der Waals surface area contributed by atoms with Gasteiger partial charge in [-0.1, -0.05) is 66.7 Å². The summed E-state index contributed by atoms with van der Waals surface area (Å²) in [5, 5.41) is 2.37. The molecule has 0 radical (unpaired) electrons. The van der Waals surface area contributed by atoms with Crippen molar-refractivity contribution in [3.63, 3.8) is 0 Å². The van der Waals surface area contributed by atoms with Gasteiger partial charge in [-0.05, 0) is 42.5 Å². The molecule has 0 saturated carbocycles. The number of allylic oxidation sites excluding steroid dienone is 1. The Kier molecular flexibility index (Phi) is 4.36. The minimum absolute atomic E-state index is 0.526. The maximum Gasteiger partial charge on any atom is 0.139 e. The molecule has 2 heteroatoms. The average molecular weight is 341 g/mol. The highest BCUT2D eigenvalue weighted by Crippen LogP contribution is 2.34. The summed E-state index contributed by atoms with van der Waals surface area (Å²) in [6.45, 7) is 4.77. The van der Waals surface area contributed by atoms with Gasteiger partial charge in [-0.2, -0.15) is 0 Å². The van der Waals surface area contributed by atoms with E-state index in [1.165, 1.54) is 33.0 Å². The van der Waals surface area contributed by atoms with Gasteiger partial charge in [0.1, 0.15) is 11.2 Å². The number of rotatable bonds is 4. The molecule has 0 aliphatic rings. The minimum atomic E-state index is 0.526. The van der Waals surface area contributed by atoms with E-state index in [-0.39, 0.29) is 0 Å². The van der Waals surface area contributed by atoms with Crippen LogP contribution in [-0.2, 0) is 6.42 Å². The molecular formula is C24H23NO. The van der Waals surface area contributed by atoms with E-state index in [0.717, 1.165) is 23.2 Å². The SMILES string of the molecule is Cc1ccc2c(oc3c(C)cccc32)c1C/C=C(\CN)c1ccccc1. The summed E-state index contributed by atoms with van der Waals surface area (Å²) < 4.78 is 6.31. The van der Waals surface area contributed by atoms with E-state index in [4.69, 9.17) is 10.2 Å². The number of benzene rings is 3. The first-order valence-corrected chi connectivity index (χ1v) is 9.04. The Balaban J connectivity index is 1.83. The smallest absolute Gasteiger partial charge is 0.139 e. The van der Waals surface area contributed by atoms with E-state index >= 15 is 0 Å². The van der Waals surface area contributed by atoms with Gasteiger partial charge in [0, 0.05) is 22.9 Å². The first kappa shape index (κ1) is 16.6. The number of para-hydroxylation sites is 1. The summed E-state index contributed by atoms with van der Waals surface area (Å²) in [4.78, 5) is 0. The molecule has 1 aromatic heterocycles. The van der Waals surface area contributed by atoms with Gasteiger partial charge in [0.15, 0.2) is 0 Å². The topological polar surface area (TPSA) is 39.2 Å². The van der Waals surface area contributed by atoms with Gasteiger partial charge in [0.2, 0.25) is 0 Å². The third-order valence-electron chi connectivity index (χ3n) is 5.12. The van der Waals surface area contributed by atoms with Crippen molar-refractivity contribution in [1.82, 2.24) is 0 Å². The number of hydrogen-bond donors (Lipinski definition) is 1. The number of furan rings is 1. The van der Waals surface area contributed by atoms with Gasteiger partial charge in [0.25, 0.3) is 0 Å². The summed E-state index contributed by atoms with van der Waals surface area (Å²) in [7, 11) is 0. The Morgan fingerprint density at radius 2 is 1.62 bits per heavy atom. The Morgan fingerprint density at radius 3 is 2.38 bits per heavy atom. The van der Waals surface area contributed by atoms with E-state index in [0.29, 0.717) is 6.54 Å². The normalized spacial score (nSPS) is 12.2. The van der Waals surface area contributed by atoms with E-state index in [1.54, 1.807) is 0 Å². The molecule has 26 heavy (non-hydrogen) atoms. The predicted octanol–water partition coefficient (Wildman–Crippen LogP) is 5.79. The minimum Gasteiger partial charge on any atom is -0.455 e. The number of hydrogen-bond acceptors (Lipinski definition) is 2. The van der Waals surface area contributed by atoms with Crippen LogP contribution in [0.1, 0.15) is 22.3 Å². The van der Waals surface area contributed by atoms with Crippen LogP contribution < -0.4 is 5.73 Å². The zero-order chi connectivity index (χ0) is 18.1. The highest BCUT2D eigenvalue weighted by molar-refractivity contribution is 6.07. The van der Waals surface area contributed by atoms with Crippen LogP contribution in [0.5, 0.6) is 0 Å². The van der Waals surface area contributed by atoms with Crippen LogP contribution in [0, 0.1) is 13.8 Å². The molecule has 0 spiro atoms. The Labute approximate surface area is 153 Å². The van der Waals surface area contributed by atoms with Crippen molar-refractivity contribution in [3.05, 3.63) is 89.0 Å². The molecule has 0 aliphatic carbocycles. The first-order chi connectivity index (χ1) is 12.7. The molecular weight excluding hydrogens is 318 g/mol. The summed E-state index contributed by atoms with van der Waals surface area (Å²) >= 11 is 0. The van der Waals surface area contributed by atoms with Crippen LogP contribution >= 0.6 is 0 Å². The maximum atomic E-state index is 6.31. The van der Waals surface area contributed by atoms with Crippen LogP contribution in [0.2, 0.25) is 0 Å². The van der Waals surface area contributed by atoms with E-state index in [2.05, 4.69) is 62.4 Å². The predicted molar refractivity (Wildman–Crippen MR) is 110 cm³/mol. The maximum absolute atomic E-state index is 6.31. The molecule has 0 saturated heterocycles. The highest BCUT2D eigenvalue weighted by Gasteiger charge is 2.13. The molecule has 4 aromatic rings. The van der Waals surface area contributed by atoms with Crippen molar-refractivity contribution in [2.45, 2.75) is 20.3 Å². The number of nitrogens with two attached hydrogens (primary N) is 1. The third kappa shape index (κ3) is 2.83. The molecule has 0 atom stereocenters. The fourth-order valence-corrected chi connectivity index (χ4v) is 3.61. The summed E-state index contributed by atoms with van der Waals surface area (Å²) in [5.74, 6) is 0. The second-order valence-corrected chi connectivity index (χ2v) is 6.79. The largest absolute Gasteiger partial charge is 0.455 e. The van der Waals surface area contributed by atoms with E-state index in [9.17, 15) is 0 Å². The fraction of sp³-hybridized carbons (Fsp3) is 0.167. The summed E-state index contributed by atoms with van der Waals surface area (Å²) in [6.07, 6.45) is 3.04. The molecule has 0 aliphatic heterocycles. The van der Waals surface area contributed by atoms with Crippen molar-refractivity contribution in [3.8, 4) is 0 Å². The number of fused-ring (bicyclic) bond motifs is 3. The van der Waals surface area contributed by atoms with Crippen molar-refractivity contribution < 1.29 is 4.42 Å². The monoisotopic (exact) mass is 341 g/mol. The molecule has 130 valence electrons. The van der Waals surface area contributed by atoms with Crippen LogP contribution in [0.25, 0.3) is 27.5 Å². The molecule has 0 bridgehead atoms. The zero-order valence-corrected chi connectivity index (χ0v) is 15.3. The van der Waals surface area contributed by atoms with Crippen LogP contribution in [0.3, 0.4) is 0 Å². The van der Waals surface area contributed by atoms with Gasteiger partial charge in [-0.15, -0.1) is 0 Å². The van der Waals surface area contributed by atoms with Crippen molar-refractivity contribution in [2.24, 2.45) is 5.73 Å². The first-order valence-electron chi connectivity index (χ1n) is 9.04. The fourth-order valence-electron chi connectivity index (χ4n) is 3.61. The quantitative estimate of drug-likeness (QED) is 0.510. The van der Waals surface area contributed by atoms with Gasteiger partial charge in [-0.25, -0.2) is 0 Å². The molecule has 4 rings (SSSR count). The molecule has 1 heterocycles. The summed E-state index contributed by atoms with van der Waals surface area (Å²) in [6, 6.07) is 21.0. The lowest BCUT2D eigenvalue weighted by molar-refractivity contribution is 0.661. The van der Waals surface area contributed by atoms with Gasteiger partial charge >= 0.3 is 0 Å². The van der Waals surface area contributed by atoms with Crippen molar-refractivity contribution in [2.75, 3.05) is 6.54 Å². The van der Waals surface area contributed by atoms with E-state index in [1.807, 2.05) is 18.2 Å². The molecule has 2 nitrogen and oxygen atoms in total. The van der Waals surface area contributed by atoms with Gasteiger partial charge < -0.3 is 10.2 Å². The lowest BCUT2D eigenvalue weighted by Gasteiger charge is -2.08. The van der Waals surface area contributed by atoms with Crippen LogP contribution in [0.15, 0.2) is 71.2 Å². The second kappa shape index (κ2) is 6.81. The Morgan fingerprint density at radius 1 is 0.846 bits per heavy atom. The Bertz CT molecular complexity index is 1100. The highest BCUT2D eigenvalue weighted by atomic mass is 16.3. The lowest BCUT2D eigenvalue weighted by Crippen LogP contribution is -2.03. The second-order valence-electron chi connectivity index (χ2n) is 6.79. The van der Waals surface area contributed by atoms with Crippen molar-refractivity contribution in [1.29, 1.82) is 0 Å². The molecule has 2 N–H and O–H groups in total.